The van der Waals surface area contributed by atoms with Crippen LogP contribution < -0.4 is 15.0 Å². The highest BCUT2D eigenvalue weighted by atomic mass is 16.5. The van der Waals surface area contributed by atoms with Gasteiger partial charge in [0.05, 0.1) is 7.11 Å². The average molecular weight is 373 g/mol. The van der Waals surface area contributed by atoms with Gasteiger partial charge in [0, 0.05) is 35.7 Å². The number of aromatic nitrogens is 1. The normalized spacial score (nSPS) is 12.4. The van der Waals surface area contributed by atoms with E-state index in [4.69, 9.17) is 4.74 Å². The highest BCUT2D eigenvalue weighted by Gasteiger charge is 2.25. The van der Waals surface area contributed by atoms with Crippen molar-refractivity contribution in [3.63, 3.8) is 0 Å². The van der Waals surface area contributed by atoms with Crippen molar-refractivity contribution >= 4 is 23.2 Å². The molecule has 2 aromatic carbocycles. The number of nitrogens with one attached hydrogen (secondary N) is 1. The Hall–Kier alpha value is -3.67. The molecule has 2 amide bonds. The fraction of sp³-hybridized carbons (Fsp3) is 0.136. The van der Waals surface area contributed by atoms with Crippen molar-refractivity contribution < 1.29 is 14.3 Å². The average Bonchev–Trinajstić information content (AvgIpc) is 3.17. The molecule has 0 atom stereocenters. The molecule has 140 valence electrons. The Kier molecular flexibility index (Phi) is 4.76. The smallest absolute Gasteiger partial charge is 0.274 e. The summed E-state index contributed by atoms with van der Waals surface area (Å²) in [5, 5.41) is 2.78. The monoisotopic (exact) mass is 373 g/mol. The number of fused-ring (bicyclic) bond motifs is 1. The third-order valence-electron chi connectivity index (χ3n) is 4.70. The van der Waals surface area contributed by atoms with E-state index in [1.165, 1.54) is 12.3 Å². The van der Waals surface area contributed by atoms with Gasteiger partial charge in [0.2, 0.25) is 0 Å². The fourth-order valence-corrected chi connectivity index (χ4v) is 3.29. The molecule has 0 bridgehead atoms. The summed E-state index contributed by atoms with van der Waals surface area (Å²) >= 11 is 0. The predicted octanol–water partition coefficient (Wildman–Crippen LogP) is 3.55. The highest BCUT2D eigenvalue weighted by Crippen LogP contribution is 2.28. The topological polar surface area (TPSA) is 71.5 Å². The van der Waals surface area contributed by atoms with Crippen molar-refractivity contribution in [3.8, 4) is 5.75 Å². The number of carbonyl (C=O) groups is 2. The molecule has 2 heterocycles. The Bertz CT molecular complexity index is 1050. The maximum Gasteiger partial charge on any atom is 0.274 e. The molecule has 3 aromatic rings. The molecule has 0 aliphatic carbocycles. The lowest BCUT2D eigenvalue weighted by Crippen LogP contribution is -2.29. The minimum absolute atomic E-state index is 0.136. The van der Waals surface area contributed by atoms with E-state index in [0.29, 0.717) is 23.5 Å². The summed E-state index contributed by atoms with van der Waals surface area (Å²) in [6.45, 7) is 0.631. The van der Waals surface area contributed by atoms with Crippen molar-refractivity contribution in [2.24, 2.45) is 0 Å². The van der Waals surface area contributed by atoms with E-state index in [9.17, 15) is 9.59 Å². The van der Waals surface area contributed by atoms with Gasteiger partial charge in [0.1, 0.15) is 11.4 Å². The number of ether oxygens (including phenoxy) is 1. The Balaban J connectivity index is 1.54. The zero-order valence-electron chi connectivity index (χ0n) is 15.4. The number of rotatable bonds is 4. The molecule has 0 radical (unpaired) electrons. The Morgan fingerprint density at radius 1 is 1.07 bits per heavy atom. The van der Waals surface area contributed by atoms with E-state index in [1.54, 1.807) is 42.3 Å². The summed E-state index contributed by atoms with van der Waals surface area (Å²) in [4.78, 5) is 31.4. The summed E-state index contributed by atoms with van der Waals surface area (Å²) in [6.07, 6.45) is 2.31. The van der Waals surface area contributed by atoms with Gasteiger partial charge >= 0.3 is 0 Å². The lowest BCUT2D eigenvalue weighted by Gasteiger charge is -2.17. The van der Waals surface area contributed by atoms with Crippen LogP contribution in [0.4, 0.5) is 11.4 Å². The van der Waals surface area contributed by atoms with Gasteiger partial charge in [-0.25, -0.2) is 0 Å². The van der Waals surface area contributed by atoms with E-state index in [2.05, 4.69) is 10.3 Å². The molecule has 0 saturated heterocycles. The lowest BCUT2D eigenvalue weighted by molar-refractivity contribution is 0.0989. The first-order valence-corrected chi connectivity index (χ1v) is 8.97. The van der Waals surface area contributed by atoms with Gasteiger partial charge in [-0.15, -0.1) is 0 Å². The van der Waals surface area contributed by atoms with Crippen molar-refractivity contribution in [1.29, 1.82) is 0 Å². The summed E-state index contributed by atoms with van der Waals surface area (Å²) in [6, 6.07) is 18.1. The van der Waals surface area contributed by atoms with Crippen LogP contribution in [0.3, 0.4) is 0 Å². The minimum Gasteiger partial charge on any atom is -0.497 e. The van der Waals surface area contributed by atoms with Gasteiger partial charge in [0.15, 0.2) is 0 Å². The van der Waals surface area contributed by atoms with Gasteiger partial charge in [0.25, 0.3) is 11.8 Å². The van der Waals surface area contributed by atoms with Crippen LogP contribution in [-0.2, 0) is 6.42 Å². The Morgan fingerprint density at radius 3 is 2.79 bits per heavy atom. The van der Waals surface area contributed by atoms with E-state index in [0.717, 1.165) is 17.7 Å². The van der Waals surface area contributed by atoms with E-state index < -0.39 is 0 Å². The zero-order chi connectivity index (χ0) is 19.5. The molecule has 28 heavy (non-hydrogen) atoms. The molecule has 0 spiro atoms. The first-order valence-electron chi connectivity index (χ1n) is 8.97. The van der Waals surface area contributed by atoms with Crippen LogP contribution in [0.1, 0.15) is 26.4 Å². The number of pyridine rings is 1. The van der Waals surface area contributed by atoms with E-state index in [-0.39, 0.29) is 17.5 Å². The first-order chi connectivity index (χ1) is 13.7. The molecule has 1 N–H and O–H groups in total. The van der Waals surface area contributed by atoms with Crippen molar-refractivity contribution in [3.05, 3.63) is 83.7 Å². The number of anilines is 2. The van der Waals surface area contributed by atoms with E-state index in [1.807, 2.05) is 24.3 Å². The van der Waals surface area contributed by atoms with Gasteiger partial charge < -0.3 is 15.0 Å². The fourth-order valence-electron chi connectivity index (χ4n) is 3.29. The van der Waals surface area contributed by atoms with Crippen LogP contribution in [0.2, 0.25) is 0 Å². The highest BCUT2D eigenvalue weighted by molar-refractivity contribution is 6.09. The van der Waals surface area contributed by atoms with Crippen LogP contribution in [0.25, 0.3) is 0 Å². The molecule has 6 heteroatoms. The number of hydrogen-bond donors (Lipinski definition) is 1. The lowest BCUT2D eigenvalue weighted by atomic mass is 10.1. The number of nitrogens with zero attached hydrogens (tertiary/aromatic N) is 2. The summed E-state index contributed by atoms with van der Waals surface area (Å²) in [5.74, 6) is 0.120. The van der Waals surface area contributed by atoms with Crippen LogP contribution in [0.5, 0.6) is 5.75 Å². The quantitative estimate of drug-likeness (QED) is 0.759. The predicted molar refractivity (Wildman–Crippen MR) is 107 cm³/mol. The Labute approximate surface area is 162 Å². The van der Waals surface area contributed by atoms with Crippen molar-refractivity contribution in [2.45, 2.75) is 6.42 Å². The zero-order valence-corrected chi connectivity index (χ0v) is 15.4. The largest absolute Gasteiger partial charge is 0.497 e. The third kappa shape index (κ3) is 3.44. The van der Waals surface area contributed by atoms with Crippen molar-refractivity contribution in [1.82, 2.24) is 4.98 Å². The SMILES string of the molecule is COc1cccc(NC(=O)c2cc(C(=O)N3CCc4ccccc43)ccn2)c1. The summed E-state index contributed by atoms with van der Waals surface area (Å²) in [7, 11) is 1.56. The van der Waals surface area contributed by atoms with Gasteiger partial charge in [-0.3, -0.25) is 14.6 Å². The first kappa shape index (κ1) is 17.7. The number of methoxy groups -OCH3 is 1. The molecule has 1 aliphatic rings. The molecule has 1 aromatic heterocycles. The summed E-state index contributed by atoms with van der Waals surface area (Å²) < 4.78 is 5.16. The molecule has 0 fully saturated rings. The number of amides is 2. The van der Waals surface area contributed by atoms with Crippen LogP contribution in [0, 0.1) is 0 Å². The molecule has 4 rings (SSSR count). The molecule has 6 nitrogen and oxygen atoms in total. The van der Waals surface area contributed by atoms with Crippen LogP contribution in [0.15, 0.2) is 66.9 Å². The third-order valence-corrected chi connectivity index (χ3v) is 4.70. The van der Waals surface area contributed by atoms with Crippen LogP contribution in [-0.4, -0.2) is 30.5 Å². The second kappa shape index (κ2) is 7.52. The summed E-state index contributed by atoms with van der Waals surface area (Å²) in [5.41, 5.74) is 3.28. The minimum atomic E-state index is -0.385. The van der Waals surface area contributed by atoms with Crippen molar-refractivity contribution in [2.75, 3.05) is 23.9 Å². The van der Waals surface area contributed by atoms with Gasteiger partial charge in [-0.2, -0.15) is 0 Å². The molecule has 0 saturated carbocycles. The van der Waals surface area contributed by atoms with Crippen LogP contribution >= 0.6 is 0 Å². The standard InChI is InChI=1S/C22H19N3O3/c1-28-18-7-4-6-17(14-18)24-21(26)19-13-16(9-11-23-19)22(27)25-12-10-15-5-2-3-8-20(15)25/h2-9,11,13-14H,10,12H2,1H3,(H,24,26). The maximum absolute atomic E-state index is 13.0. The molecular formula is C22H19N3O3. The van der Waals surface area contributed by atoms with Gasteiger partial charge in [-0.05, 0) is 42.3 Å². The number of para-hydroxylation sites is 1. The number of hydrogen-bond acceptors (Lipinski definition) is 4. The van der Waals surface area contributed by atoms with E-state index >= 15 is 0 Å². The molecule has 1 aliphatic heterocycles. The second-order valence-electron chi connectivity index (χ2n) is 6.45. The molecular weight excluding hydrogens is 354 g/mol. The van der Waals surface area contributed by atoms with Gasteiger partial charge in [-0.1, -0.05) is 24.3 Å². The Morgan fingerprint density at radius 2 is 1.93 bits per heavy atom. The number of carbonyl (C=O) groups excluding carboxylic acids is 2. The number of benzene rings is 2. The molecule has 0 unspecified atom stereocenters. The maximum atomic E-state index is 13.0. The second-order valence-corrected chi connectivity index (χ2v) is 6.45.